The first-order valence-corrected chi connectivity index (χ1v) is 6.39. The molecule has 0 radical (unpaired) electrons. The van der Waals surface area contributed by atoms with Crippen LogP contribution in [0.4, 0.5) is 17.5 Å². The summed E-state index contributed by atoms with van der Waals surface area (Å²) in [4.78, 5) is 20.1. The van der Waals surface area contributed by atoms with E-state index in [0.29, 0.717) is 0 Å². The first-order valence-electron chi connectivity index (χ1n) is 5.57. The van der Waals surface area contributed by atoms with Gasteiger partial charge in [-0.1, -0.05) is 0 Å². The van der Waals surface area contributed by atoms with Crippen molar-refractivity contribution in [2.75, 3.05) is 11.1 Å². The minimum absolute atomic E-state index is 0.00246. The molecule has 1 atom stereocenters. The van der Waals surface area contributed by atoms with Crippen LogP contribution < -0.4 is 11.1 Å². The van der Waals surface area contributed by atoms with Crippen molar-refractivity contribution in [3.05, 3.63) is 38.2 Å². The van der Waals surface area contributed by atoms with E-state index in [0.717, 1.165) is 11.1 Å². The van der Waals surface area contributed by atoms with Crippen LogP contribution in [-0.4, -0.2) is 14.9 Å². The maximum absolute atomic E-state index is 10.9. The van der Waals surface area contributed by atoms with E-state index >= 15 is 0 Å². The molecule has 2 aromatic heterocycles. The van der Waals surface area contributed by atoms with Gasteiger partial charge in [0.15, 0.2) is 0 Å². The Balaban J connectivity index is 2.27. The van der Waals surface area contributed by atoms with Gasteiger partial charge in [0.25, 0.3) is 0 Å². The van der Waals surface area contributed by atoms with E-state index in [1.807, 2.05) is 26.0 Å². The normalized spacial score (nSPS) is 12.1. The van der Waals surface area contributed by atoms with E-state index in [1.54, 1.807) is 11.3 Å². The van der Waals surface area contributed by atoms with Crippen molar-refractivity contribution < 1.29 is 4.92 Å². The minimum Gasteiger partial charge on any atom is -0.368 e. The molecule has 0 spiro atoms. The molecule has 2 rings (SSSR count). The van der Waals surface area contributed by atoms with Crippen LogP contribution >= 0.6 is 11.3 Å². The number of thiophene rings is 1. The molecule has 0 saturated carbocycles. The molecule has 7 nitrogen and oxygen atoms in total. The zero-order valence-corrected chi connectivity index (χ0v) is 11.3. The highest BCUT2D eigenvalue weighted by molar-refractivity contribution is 7.12. The summed E-state index contributed by atoms with van der Waals surface area (Å²) < 4.78 is 0. The van der Waals surface area contributed by atoms with Crippen LogP contribution in [0.15, 0.2) is 18.3 Å². The van der Waals surface area contributed by atoms with Gasteiger partial charge >= 0.3 is 5.69 Å². The average Bonchev–Trinajstić information content (AvgIpc) is 2.75. The summed E-state index contributed by atoms with van der Waals surface area (Å²) in [5, 5.41) is 13.9. The number of hydrogen-bond acceptors (Lipinski definition) is 7. The largest absolute Gasteiger partial charge is 0.368 e. The number of rotatable bonds is 4. The van der Waals surface area contributed by atoms with Crippen LogP contribution in [0.5, 0.6) is 0 Å². The number of aromatic nitrogens is 2. The molecule has 0 aromatic carbocycles. The fraction of sp³-hybridized carbons (Fsp3) is 0.273. The van der Waals surface area contributed by atoms with Crippen LogP contribution in [0.25, 0.3) is 0 Å². The molecule has 3 N–H and O–H groups in total. The molecule has 0 saturated heterocycles. The lowest BCUT2D eigenvalue weighted by molar-refractivity contribution is -0.384. The summed E-state index contributed by atoms with van der Waals surface area (Å²) in [6, 6.07) is 3.89. The maximum Gasteiger partial charge on any atom is 0.329 e. The second-order valence-electron chi connectivity index (χ2n) is 4.03. The first-order chi connectivity index (χ1) is 8.97. The van der Waals surface area contributed by atoms with Crippen molar-refractivity contribution in [1.82, 2.24) is 9.97 Å². The Kier molecular flexibility index (Phi) is 3.61. The standard InChI is InChI=1S/C11H13N5O2S/c1-6-3-4-9(19-6)7(2)14-10-8(16(17)18)5-13-11(12)15-10/h3-5,7H,1-2H3,(H3,12,13,14,15). The van der Waals surface area contributed by atoms with Crippen LogP contribution in [0.1, 0.15) is 22.7 Å². The molecule has 0 bridgehead atoms. The summed E-state index contributed by atoms with van der Waals surface area (Å²) in [6.07, 6.45) is 1.11. The Hall–Kier alpha value is -2.22. The maximum atomic E-state index is 10.9. The topological polar surface area (TPSA) is 107 Å². The molecule has 0 aliphatic rings. The van der Waals surface area contributed by atoms with E-state index in [2.05, 4.69) is 15.3 Å². The number of nitrogens with zero attached hydrogens (tertiary/aromatic N) is 3. The number of hydrogen-bond donors (Lipinski definition) is 2. The smallest absolute Gasteiger partial charge is 0.329 e. The number of nitrogens with two attached hydrogens (primary N) is 1. The van der Waals surface area contributed by atoms with Gasteiger partial charge in [-0.15, -0.1) is 11.3 Å². The molecule has 0 fully saturated rings. The molecule has 0 amide bonds. The third-order valence-electron chi connectivity index (χ3n) is 2.53. The van der Waals surface area contributed by atoms with Crippen LogP contribution in [-0.2, 0) is 0 Å². The number of aryl methyl sites for hydroxylation is 1. The Morgan fingerprint density at radius 1 is 1.53 bits per heavy atom. The lowest BCUT2D eigenvalue weighted by Crippen LogP contribution is -2.10. The van der Waals surface area contributed by atoms with Gasteiger partial charge in [0.1, 0.15) is 6.20 Å². The molecular formula is C11H13N5O2S. The zero-order chi connectivity index (χ0) is 14.0. The van der Waals surface area contributed by atoms with Gasteiger partial charge in [0.05, 0.1) is 11.0 Å². The highest BCUT2D eigenvalue weighted by Gasteiger charge is 2.19. The van der Waals surface area contributed by atoms with Gasteiger partial charge < -0.3 is 11.1 Å². The van der Waals surface area contributed by atoms with Gasteiger partial charge in [0.2, 0.25) is 11.8 Å². The summed E-state index contributed by atoms with van der Waals surface area (Å²) in [6.45, 7) is 3.92. The van der Waals surface area contributed by atoms with Crippen molar-refractivity contribution in [3.8, 4) is 0 Å². The van der Waals surface area contributed by atoms with Crippen LogP contribution in [0, 0.1) is 17.0 Å². The fourth-order valence-corrected chi connectivity index (χ4v) is 2.47. The lowest BCUT2D eigenvalue weighted by atomic mass is 10.2. The predicted octanol–water partition coefficient (Wildman–Crippen LogP) is 2.51. The van der Waals surface area contributed by atoms with Crippen molar-refractivity contribution in [1.29, 1.82) is 0 Å². The third kappa shape index (κ3) is 2.97. The number of nitrogens with one attached hydrogen (secondary N) is 1. The van der Waals surface area contributed by atoms with E-state index in [9.17, 15) is 10.1 Å². The Morgan fingerprint density at radius 3 is 2.84 bits per heavy atom. The van der Waals surface area contributed by atoms with Gasteiger partial charge in [-0.3, -0.25) is 10.1 Å². The predicted molar refractivity (Wildman–Crippen MR) is 74.2 cm³/mol. The average molecular weight is 279 g/mol. The van der Waals surface area contributed by atoms with Crippen molar-refractivity contribution in [3.63, 3.8) is 0 Å². The van der Waals surface area contributed by atoms with Gasteiger partial charge in [-0.2, -0.15) is 4.98 Å². The van der Waals surface area contributed by atoms with Gasteiger partial charge in [-0.05, 0) is 26.0 Å². The highest BCUT2D eigenvalue weighted by atomic mass is 32.1. The number of nitrogen functional groups attached to an aromatic ring is 1. The van der Waals surface area contributed by atoms with Crippen LogP contribution in [0.3, 0.4) is 0 Å². The quantitative estimate of drug-likeness (QED) is 0.657. The Bertz CT molecular complexity index is 613. The molecule has 2 heterocycles. The summed E-state index contributed by atoms with van der Waals surface area (Å²) in [5.41, 5.74) is 5.28. The molecule has 8 heteroatoms. The summed E-state index contributed by atoms with van der Waals surface area (Å²) in [5.74, 6) is 0.138. The van der Waals surface area contributed by atoms with E-state index in [4.69, 9.17) is 5.73 Å². The van der Waals surface area contributed by atoms with Gasteiger partial charge in [-0.25, -0.2) is 4.98 Å². The molecule has 19 heavy (non-hydrogen) atoms. The SMILES string of the molecule is Cc1ccc(C(C)Nc2nc(N)ncc2[N+](=O)[O-])s1. The number of nitro groups is 1. The molecule has 0 aliphatic carbocycles. The molecule has 100 valence electrons. The van der Waals surface area contributed by atoms with E-state index in [1.165, 1.54) is 4.88 Å². The molecular weight excluding hydrogens is 266 g/mol. The van der Waals surface area contributed by atoms with Gasteiger partial charge in [0, 0.05) is 9.75 Å². The second kappa shape index (κ2) is 5.19. The summed E-state index contributed by atoms with van der Waals surface area (Å²) in [7, 11) is 0. The highest BCUT2D eigenvalue weighted by Crippen LogP contribution is 2.29. The zero-order valence-electron chi connectivity index (χ0n) is 10.5. The molecule has 1 unspecified atom stereocenters. The van der Waals surface area contributed by atoms with Crippen molar-refractivity contribution in [2.45, 2.75) is 19.9 Å². The minimum atomic E-state index is -0.534. The lowest BCUT2D eigenvalue weighted by Gasteiger charge is -2.12. The first kappa shape index (κ1) is 13.2. The van der Waals surface area contributed by atoms with Crippen molar-refractivity contribution in [2.24, 2.45) is 0 Å². The molecule has 2 aromatic rings. The van der Waals surface area contributed by atoms with Crippen molar-refractivity contribution >= 4 is 28.8 Å². The fourth-order valence-electron chi connectivity index (χ4n) is 1.59. The number of anilines is 2. The third-order valence-corrected chi connectivity index (χ3v) is 3.71. The van der Waals surface area contributed by atoms with Crippen LogP contribution in [0.2, 0.25) is 0 Å². The Labute approximate surface area is 113 Å². The van der Waals surface area contributed by atoms with E-state index < -0.39 is 4.92 Å². The second-order valence-corrected chi connectivity index (χ2v) is 5.35. The molecule has 0 aliphatic heterocycles. The summed E-state index contributed by atoms with van der Waals surface area (Å²) >= 11 is 1.63. The Morgan fingerprint density at radius 2 is 2.26 bits per heavy atom. The van der Waals surface area contributed by atoms with E-state index in [-0.39, 0.29) is 23.5 Å². The monoisotopic (exact) mass is 279 g/mol.